The van der Waals surface area contributed by atoms with Crippen LogP contribution in [0.3, 0.4) is 0 Å². The van der Waals surface area contributed by atoms with E-state index in [1.807, 2.05) is 0 Å². The Morgan fingerprint density at radius 3 is 2.32 bits per heavy atom. The highest BCUT2D eigenvalue weighted by Gasteiger charge is 2.22. The number of carbonyl (C=O) groups is 2. The fourth-order valence-electron chi connectivity index (χ4n) is 2.02. The van der Waals surface area contributed by atoms with E-state index in [1.165, 1.54) is 19.2 Å². The molecule has 114 valence electrons. The molecule has 0 saturated heterocycles. The Bertz CT molecular complexity index is 641. The summed E-state index contributed by atoms with van der Waals surface area (Å²) in [6.07, 6.45) is 0.228. The van der Waals surface area contributed by atoms with Gasteiger partial charge in [0.2, 0.25) is 0 Å². The maximum atomic E-state index is 12.9. The number of benzene rings is 2. The molecule has 2 rings (SSSR count). The van der Waals surface area contributed by atoms with E-state index in [0.29, 0.717) is 5.56 Å². The van der Waals surface area contributed by atoms with E-state index in [2.05, 4.69) is 5.32 Å². The standard InChI is InChI=1S/C17H16FNO3/c1-22-17(21)15(11-12-7-9-14(18)10-8-12)19-16(20)13-5-3-2-4-6-13/h2-10,15H,11H2,1H3,(H,19,20)/t15-/m0/s1. The van der Waals surface area contributed by atoms with Crippen LogP contribution in [-0.4, -0.2) is 25.0 Å². The first-order valence-corrected chi connectivity index (χ1v) is 6.78. The summed E-state index contributed by atoms with van der Waals surface area (Å²) < 4.78 is 17.6. The Kier molecular flexibility index (Phi) is 5.25. The normalized spacial score (nSPS) is 11.5. The summed E-state index contributed by atoms with van der Waals surface area (Å²) in [4.78, 5) is 24.0. The summed E-state index contributed by atoms with van der Waals surface area (Å²) in [6.45, 7) is 0. The Labute approximate surface area is 127 Å². The van der Waals surface area contributed by atoms with Crippen LogP contribution in [0.15, 0.2) is 54.6 Å². The number of nitrogens with one attached hydrogen (secondary N) is 1. The fourth-order valence-corrected chi connectivity index (χ4v) is 2.02. The van der Waals surface area contributed by atoms with Gasteiger partial charge in [0.05, 0.1) is 7.11 Å². The monoisotopic (exact) mass is 301 g/mol. The first-order valence-electron chi connectivity index (χ1n) is 6.78. The largest absolute Gasteiger partial charge is 0.467 e. The smallest absolute Gasteiger partial charge is 0.328 e. The number of carbonyl (C=O) groups excluding carboxylic acids is 2. The second-order valence-electron chi connectivity index (χ2n) is 4.75. The van der Waals surface area contributed by atoms with Gasteiger partial charge in [-0.25, -0.2) is 9.18 Å². The molecule has 22 heavy (non-hydrogen) atoms. The third-order valence-corrected chi connectivity index (χ3v) is 3.18. The second-order valence-corrected chi connectivity index (χ2v) is 4.75. The molecule has 4 nitrogen and oxygen atoms in total. The predicted molar refractivity (Wildman–Crippen MR) is 79.8 cm³/mol. The van der Waals surface area contributed by atoms with Gasteiger partial charge in [-0.1, -0.05) is 30.3 Å². The number of esters is 1. The molecule has 5 heteroatoms. The van der Waals surface area contributed by atoms with Gasteiger partial charge >= 0.3 is 5.97 Å². The minimum Gasteiger partial charge on any atom is -0.467 e. The van der Waals surface area contributed by atoms with Crippen LogP contribution >= 0.6 is 0 Å². The molecule has 0 unspecified atom stereocenters. The Morgan fingerprint density at radius 1 is 1.09 bits per heavy atom. The van der Waals surface area contributed by atoms with Crippen LogP contribution in [-0.2, 0) is 16.0 Å². The number of halogens is 1. The highest BCUT2D eigenvalue weighted by molar-refractivity contribution is 5.96. The molecule has 0 aliphatic rings. The van der Waals surface area contributed by atoms with E-state index in [9.17, 15) is 14.0 Å². The average Bonchev–Trinajstić information content (AvgIpc) is 2.56. The molecule has 2 aromatic carbocycles. The fraction of sp³-hybridized carbons (Fsp3) is 0.176. The van der Waals surface area contributed by atoms with Crippen molar-refractivity contribution in [3.05, 3.63) is 71.5 Å². The van der Waals surface area contributed by atoms with Crippen LogP contribution in [0.5, 0.6) is 0 Å². The van der Waals surface area contributed by atoms with E-state index in [0.717, 1.165) is 5.56 Å². The first kappa shape index (κ1) is 15.7. The van der Waals surface area contributed by atoms with Crippen molar-refractivity contribution in [2.75, 3.05) is 7.11 Å². The lowest BCUT2D eigenvalue weighted by Gasteiger charge is -2.16. The van der Waals surface area contributed by atoms with Gasteiger partial charge in [0.25, 0.3) is 5.91 Å². The highest BCUT2D eigenvalue weighted by Crippen LogP contribution is 2.08. The van der Waals surface area contributed by atoms with Gasteiger partial charge in [-0.3, -0.25) is 4.79 Å². The van der Waals surface area contributed by atoms with Crippen LogP contribution in [0.25, 0.3) is 0 Å². The summed E-state index contributed by atoms with van der Waals surface area (Å²) in [5.41, 5.74) is 1.18. The van der Waals surface area contributed by atoms with Crippen LogP contribution in [0.2, 0.25) is 0 Å². The Hall–Kier alpha value is -2.69. The molecule has 0 bridgehead atoms. The summed E-state index contributed by atoms with van der Waals surface area (Å²) in [6, 6.07) is 13.5. The molecular formula is C17H16FNO3. The van der Waals surface area contributed by atoms with E-state index in [4.69, 9.17) is 4.74 Å². The molecule has 0 saturated carbocycles. The number of rotatable bonds is 5. The lowest BCUT2D eigenvalue weighted by Crippen LogP contribution is -2.43. The molecule has 1 atom stereocenters. The number of methoxy groups -OCH3 is 1. The zero-order valence-corrected chi connectivity index (χ0v) is 12.1. The van der Waals surface area contributed by atoms with Gasteiger partial charge in [-0.2, -0.15) is 0 Å². The number of hydrogen-bond donors (Lipinski definition) is 1. The van der Waals surface area contributed by atoms with E-state index < -0.39 is 12.0 Å². The molecule has 0 aliphatic heterocycles. The van der Waals surface area contributed by atoms with Crippen molar-refractivity contribution in [3.8, 4) is 0 Å². The van der Waals surface area contributed by atoms with Gasteiger partial charge in [-0.15, -0.1) is 0 Å². The van der Waals surface area contributed by atoms with Gasteiger partial charge in [-0.05, 0) is 29.8 Å². The number of amides is 1. The van der Waals surface area contributed by atoms with Crippen molar-refractivity contribution in [1.29, 1.82) is 0 Å². The average molecular weight is 301 g/mol. The molecule has 0 aliphatic carbocycles. The molecule has 0 spiro atoms. The molecule has 0 radical (unpaired) electrons. The van der Waals surface area contributed by atoms with Gasteiger partial charge < -0.3 is 10.1 Å². The highest BCUT2D eigenvalue weighted by atomic mass is 19.1. The third kappa shape index (κ3) is 4.15. The van der Waals surface area contributed by atoms with Crippen LogP contribution in [0, 0.1) is 5.82 Å². The zero-order chi connectivity index (χ0) is 15.9. The predicted octanol–water partition coefficient (Wildman–Crippen LogP) is 2.34. The quantitative estimate of drug-likeness (QED) is 0.862. The lowest BCUT2D eigenvalue weighted by atomic mass is 10.1. The minimum absolute atomic E-state index is 0.228. The van der Waals surface area contributed by atoms with Crippen molar-refractivity contribution < 1.29 is 18.7 Å². The summed E-state index contributed by atoms with van der Waals surface area (Å²) in [5, 5.41) is 2.64. The van der Waals surface area contributed by atoms with Crippen LogP contribution in [0.1, 0.15) is 15.9 Å². The summed E-state index contributed by atoms with van der Waals surface area (Å²) in [5.74, 6) is -1.27. The lowest BCUT2D eigenvalue weighted by molar-refractivity contribution is -0.142. The van der Waals surface area contributed by atoms with Crippen molar-refractivity contribution >= 4 is 11.9 Å². The Morgan fingerprint density at radius 2 is 1.73 bits per heavy atom. The molecular weight excluding hydrogens is 285 g/mol. The topological polar surface area (TPSA) is 55.4 Å². The SMILES string of the molecule is COC(=O)[C@H](Cc1ccc(F)cc1)NC(=O)c1ccccc1. The van der Waals surface area contributed by atoms with Crippen molar-refractivity contribution in [3.63, 3.8) is 0 Å². The number of hydrogen-bond acceptors (Lipinski definition) is 3. The van der Waals surface area contributed by atoms with Gasteiger partial charge in [0.1, 0.15) is 11.9 Å². The van der Waals surface area contributed by atoms with E-state index in [-0.39, 0.29) is 18.1 Å². The molecule has 0 aromatic heterocycles. The first-order chi connectivity index (χ1) is 10.6. The maximum absolute atomic E-state index is 12.9. The van der Waals surface area contributed by atoms with E-state index >= 15 is 0 Å². The molecule has 1 amide bonds. The van der Waals surface area contributed by atoms with Crippen molar-refractivity contribution in [1.82, 2.24) is 5.32 Å². The van der Waals surface area contributed by atoms with Crippen molar-refractivity contribution in [2.45, 2.75) is 12.5 Å². The molecule has 0 fully saturated rings. The van der Waals surface area contributed by atoms with Crippen LogP contribution < -0.4 is 5.32 Å². The summed E-state index contributed by atoms with van der Waals surface area (Å²) >= 11 is 0. The van der Waals surface area contributed by atoms with Gasteiger partial charge in [0, 0.05) is 12.0 Å². The molecule has 0 heterocycles. The van der Waals surface area contributed by atoms with E-state index in [1.54, 1.807) is 42.5 Å². The minimum atomic E-state index is -0.830. The van der Waals surface area contributed by atoms with Gasteiger partial charge in [0.15, 0.2) is 0 Å². The zero-order valence-electron chi connectivity index (χ0n) is 12.1. The third-order valence-electron chi connectivity index (χ3n) is 3.18. The molecule has 2 aromatic rings. The summed E-state index contributed by atoms with van der Waals surface area (Å²) in [7, 11) is 1.26. The van der Waals surface area contributed by atoms with Crippen molar-refractivity contribution in [2.24, 2.45) is 0 Å². The number of ether oxygens (including phenoxy) is 1. The maximum Gasteiger partial charge on any atom is 0.328 e. The Balaban J connectivity index is 2.11. The molecule has 1 N–H and O–H groups in total. The second kappa shape index (κ2) is 7.36. The van der Waals surface area contributed by atoms with Crippen LogP contribution in [0.4, 0.5) is 4.39 Å².